The molecular weight excluding hydrogens is 252 g/mol. The molecule has 1 fully saturated rings. The van der Waals surface area contributed by atoms with Crippen molar-refractivity contribution < 1.29 is 9.53 Å². The molecule has 1 aliphatic rings. The van der Waals surface area contributed by atoms with Gasteiger partial charge in [-0.25, -0.2) is 14.8 Å². The molecule has 98 valence electrons. The third-order valence-corrected chi connectivity index (χ3v) is 3.58. The maximum Gasteiger partial charge on any atom is 0.358 e. The summed E-state index contributed by atoms with van der Waals surface area (Å²) in [5.41, 5.74) is 0.576. The van der Waals surface area contributed by atoms with Gasteiger partial charge in [-0.15, -0.1) is 0 Å². The molecule has 1 heterocycles. The molecule has 4 nitrogen and oxygen atoms in total. The largest absolute Gasteiger partial charge is 0.458 e. The molecule has 0 aliphatic heterocycles. The van der Waals surface area contributed by atoms with Crippen molar-refractivity contribution in [3.05, 3.63) is 23.2 Å². The molecule has 5 heteroatoms. The summed E-state index contributed by atoms with van der Waals surface area (Å²) in [6.07, 6.45) is 6.69. The van der Waals surface area contributed by atoms with Crippen LogP contribution >= 0.6 is 11.6 Å². The lowest BCUT2D eigenvalue weighted by Crippen LogP contribution is -2.28. The Morgan fingerprint density at radius 2 is 2.00 bits per heavy atom. The molecule has 1 aliphatic carbocycles. The fourth-order valence-corrected chi connectivity index (χ4v) is 2.22. The highest BCUT2D eigenvalue weighted by Crippen LogP contribution is 2.36. The van der Waals surface area contributed by atoms with Crippen molar-refractivity contribution in [3.8, 4) is 0 Å². The van der Waals surface area contributed by atoms with E-state index in [1.807, 2.05) is 0 Å². The second-order valence-corrected chi connectivity index (χ2v) is 5.88. The standard InChI is InChI=1S/C13H17ClN2O2/c1-13(2)5-3-9(4-6-13)18-12(17)10-7-16-11(14)8-15-10/h7-9H,3-6H2,1-2H3. The summed E-state index contributed by atoms with van der Waals surface area (Å²) in [5.74, 6) is -0.413. The molecule has 0 unspecified atom stereocenters. The zero-order valence-electron chi connectivity index (χ0n) is 10.6. The molecule has 0 amide bonds. The molecule has 0 bridgehead atoms. The van der Waals surface area contributed by atoms with E-state index >= 15 is 0 Å². The first-order chi connectivity index (χ1) is 8.46. The van der Waals surface area contributed by atoms with Gasteiger partial charge in [0.1, 0.15) is 11.3 Å². The van der Waals surface area contributed by atoms with Crippen molar-refractivity contribution >= 4 is 17.6 Å². The second-order valence-electron chi connectivity index (χ2n) is 5.49. The van der Waals surface area contributed by atoms with Crippen molar-refractivity contribution in [3.63, 3.8) is 0 Å². The lowest BCUT2D eigenvalue weighted by Gasteiger charge is -2.33. The van der Waals surface area contributed by atoms with Gasteiger partial charge >= 0.3 is 5.97 Å². The van der Waals surface area contributed by atoms with E-state index in [1.54, 1.807) is 0 Å². The predicted octanol–water partition coefficient (Wildman–Crippen LogP) is 3.26. The van der Waals surface area contributed by atoms with Crippen LogP contribution in [0.4, 0.5) is 0 Å². The van der Waals surface area contributed by atoms with Crippen LogP contribution in [0.1, 0.15) is 50.0 Å². The summed E-state index contributed by atoms with van der Waals surface area (Å²) in [6.45, 7) is 4.49. The number of hydrogen-bond donors (Lipinski definition) is 0. The number of aromatic nitrogens is 2. The Morgan fingerprint density at radius 3 is 2.56 bits per heavy atom. The van der Waals surface area contributed by atoms with Crippen LogP contribution in [-0.4, -0.2) is 22.0 Å². The topological polar surface area (TPSA) is 52.1 Å². The van der Waals surface area contributed by atoms with Crippen molar-refractivity contribution in [2.75, 3.05) is 0 Å². The van der Waals surface area contributed by atoms with Gasteiger partial charge in [0, 0.05) is 0 Å². The van der Waals surface area contributed by atoms with Gasteiger partial charge in [0.25, 0.3) is 0 Å². The van der Waals surface area contributed by atoms with Crippen LogP contribution in [0.5, 0.6) is 0 Å². The minimum atomic E-state index is -0.413. The first-order valence-electron chi connectivity index (χ1n) is 6.15. The highest BCUT2D eigenvalue weighted by Gasteiger charge is 2.29. The molecular formula is C13H17ClN2O2. The van der Waals surface area contributed by atoms with Crippen molar-refractivity contribution in [2.45, 2.75) is 45.6 Å². The third-order valence-electron chi connectivity index (χ3n) is 3.39. The van der Waals surface area contributed by atoms with Crippen molar-refractivity contribution in [1.29, 1.82) is 0 Å². The van der Waals surface area contributed by atoms with Crippen LogP contribution in [0.15, 0.2) is 12.4 Å². The van der Waals surface area contributed by atoms with Gasteiger partial charge in [-0.05, 0) is 31.1 Å². The van der Waals surface area contributed by atoms with E-state index in [-0.39, 0.29) is 17.0 Å². The predicted molar refractivity (Wildman–Crippen MR) is 68.5 cm³/mol. The Labute approximate surface area is 112 Å². The number of carbonyl (C=O) groups is 1. The molecule has 18 heavy (non-hydrogen) atoms. The molecule has 1 aromatic heterocycles. The summed E-state index contributed by atoms with van der Waals surface area (Å²) >= 11 is 5.61. The lowest BCUT2D eigenvalue weighted by molar-refractivity contribution is 0.00886. The number of nitrogens with zero attached hydrogens (tertiary/aromatic N) is 2. The fourth-order valence-electron chi connectivity index (χ4n) is 2.12. The van der Waals surface area contributed by atoms with E-state index in [1.165, 1.54) is 12.4 Å². The molecule has 1 aromatic rings. The monoisotopic (exact) mass is 268 g/mol. The summed E-state index contributed by atoms with van der Waals surface area (Å²) in [7, 11) is 0. The van der Waals surface area contributed by atoms with Crippen LogP contribution in [0, 0.1) is 5.41 Å². The third kappa shape index (κ3) is 3.42. The van der Waals surface area contributed by atoms with Gasteiger partial charge < -0.3 is 4.74 Å². The molecule has 0 radical (unpaired) electrons. The number of rotatable bonds is 2. The molecule has 2 rings (SSSR count). The number of esters is 1. The molecule has 0 N–H and O–H groups in total. The Hall–Kier alpha value is -1.16. The number of halogens is 1. The highest BCUT2D eigenvalue weighted by molar-refractivity contribution is 6.29. The number of ether oxygens (including phenoxy) is 1. The van der Waals surface area contributed by atoms with Gasteiger partial charge in [-0.2, -0.15) is 0 Å². The van der Waals surface area contributed by atoms with E-state index in [9.17, 15) is 4.79 Å². The minimum absolute atomic E-state index is 0.00278. The molecule has 0 atom stereocenters. The van der Waals surface area contributed by atoms with Crippen LogP contribution < -0.4 is 0 Å². The normalized spacial score (nSPS) is 19.5. The van der Waals surface area contributed by atoms with Crippen LogP contribution in [-0.2, 0) is 4.74 Å². The fraction of sp³-hybridized carbons (Fsp3) is 0.615. The Bertz CT molecular complexity index is 421. The molecule has 1 saturated carbocycles. The summed E-state index contributed by atoms with van der Waals surface area (Å²) in [5, 5.41) is 0.269. The first-order valence-corrected chi connectivity index (χ1v) is 6.53. The highest BCUT2D eigenvalue weighted by atomic mass is 35.5. The second kappa shape index (κ2) is 5.22. The minimum Gasteiger partial charge on any atom is -0.458 e. The Morgan fingerprint density at radius 1 is 1.33 bits per heavy atom. The Balaban J connectivity index is 1.90. The average Bonchev–Trinajstić information content (AvgIpc) is 2.33. The smallest absolute Gasteiger partial charge is 0.358 e. The maximum atomic E-state index is 11.8. The van der Waals surface area contributed by atoms with Gasteiger partial charge in [0.2, 0.25) is 0 Å². The number of carbonyl (C=O) groups excluding carboxylic acids is 1. The summed E-state index contributed by atoms with van der Waals surface area (Å²) in [6, 6.07) is 0. The Kier molecular flexibility index (Phi) is 3.85. The van der Waals surface area contributed by atoms with Crippen molar-refractivity contribution in [1.82, 2.24) is 9.97 Å². The average molecular weight is 269 g/mol. The summed E-state index contributed by atoms with van der Waals surface area (Å²) in [4.78, 5) is 19.5. The van der Waals surface area contributed by atoms with Crippen LogP contribution in [0.25, 0.3) is 0 Å². The molecule has 0 aromatic carbocycles. The zero-order valence-corrected chi connectivity index (χ0v) is 11.4. The van der Waals surface area contributed by atoms with Gasteiger partial charge in [0.05, 0.1) is 12.4 Å². The molecule has 0 saturated heterocycles. The molecule has 0 spiro atoms. The maximum absolute atomic E-state index is 11.8. The number of hydrogen-bond acceptors (Lipinski definition) is 4. The van der Waals surface area contributed by atoms with Gasteiger partial charge in [0.15, 0.2) is 5.69 Å². The quantitative estimate of drug-likeness (QED) is 0.773. The zero-order chi connectivity index (χ0) is 13.2. The SMILES string of the molecule is CC1(C)CCC(OC(=O)c2cnc(Cl)cn2)CC1. The van der Waals surface area contributed by atoms with E-state index in [2.05, 4.69) is 23.8 Å². The van der Waals surface area contributed by atoms with Crippen molar-refractivity contribution in [2.24, 2.45) is 5.41 Å². The van der Waals surface area contributed by atoms with E-state index < -0.39 is 5.97 Å². The van der Waals surface area contributed by atoms with E-state index in [0.29, 0.717) is 5.41 Å². The first kappa shape index (κ1) is 13.3. The van der Waals surface area contributed by atoms with Gasteiger partial charge in [-0.3, -0.25) is 0 Å². The van der Waals surface area contributed by atoms with E-state index in [0.717, 1.165) is 25.7 Å². The van der Waals surface area contributed by atoms with Crippen LogP contribution in [0.3, 0.4) is 0 Å². The van der Waals surface area contributed by atoms with Gasteiger partial charge in [-0.1, -0.05) is 25.4 Å². The van der Waals surface area contributed by atoms with Crippen LogP contribution in [0.2, 0.25) is 5.15 Å². The summed E-state index contributed by atoms with van der Waals surface area (Å²) < 4.78 is 5.43. The lowest BCUT2D eigenvalue weighted by atomic mass is 9.76. The van der Waals surface area contributed by atoms with E-state index in [4.69, 9.17) is 16.3 Å².